The van der Waals surface area contributed by atoms with Crippen LogP contribution in [0.4, 0.5) is 0 Å². The Kier molecular flexibility index (Phi) is 5.28. The van der Waals surface area contributed by atoms with Crippen molar-refractivity contribution < 1.29 is 4.79 Å². The predicted molar refractivity (Wildman–Crippen MR) is 83.6 cm³/mol. The predicted octanol–water partition coefficient (Wildman–Crippen LogP) is 3.23. The number of aromatic nitrogens is 2. The lowest BCUT2D eigenvalue weighted by Crippen LogP contribution is -2.26. The van der Waals surface area contributed by atoms with Crippen molar-refractivity contribution in [3.8, 4) is 0 Å². The standard InChI is InChI=1S/C16H18ClN3O/c1-11(2)14-6-7-15(20-19-14)16(21)18-9-8-12-4-3-5-13(17)10-12/h3-7,10-11H,8-9H2,1-2H3,(H,18,21). The zero-order chi connectivity index (χ0) is 15.2. The van der Waals surface area contributed by atoms with Gasteiger partial charge in [-0.25, -0.2) is 0 Å². The minimum atomic E-state index is -0.208. The summed E-state index contributed by atoms with van der Waals surface area (Å²) in [6.45, 7) is 4.61. The zero-order valence-corrected chi connectivity index (χ0v) is 12.9. The molecule has 0 atom stereocenters. The lowest BCUT2D eigenvalue weighted by molar-refractivity contribution is 0.0948. The number of hydrogen-bond donors (Lipinski definition) is 1. The summed E-state index contributed by atoms with van der Waals surface area (Å²) >= 11 is 5.92. The summed E-state index contributed by atoms with van der Waals surface area (Å²) in [7, 11) is 0. The first-order chi connectivity index (χ1) is 10.1. The van der Waals surface area contributed by atoms with E-state index in [4.69, 9.17) is 11.6 Å². The van der Waals surface area contributed by atoms with Gasteiger partial charge in [0.05, 0.1) is 5.69 Å². The maximum absolute atomic E-state index is 11.9. The molecule has 1 aromatic heterocycles. The Bertz CT molecular complexity index is 611. The molecule has 2 rings (SSSR count). The Labute approximate surface area is 129 Å². The maximum atomic E-state index is 11.9. The Morgan fingerprint density at radius 3 is 2.67 bits per heavy atom. The molecule has 0 saturated carbocycles. The number of carbonyl (C=O) groups is 1. The van der Waals surface area contributed by atoms with Crippen LogP contribution < -0.4 is 5.32 Å². The van der Waals surface area contributed by atoms with Gasteiger partial charge in [0, 0.05) is 11.6 Å². The number of nitrogens with one attached hydrogen (secondary N) is 1. The maximum Gasteiger partial charge on any atom is 0.271 e. The van der Waals surface area contributed by atoms with Crippen LogP contribution in [-0.4, -0.2) is 22.6 Å². The summed E-state index contributed by atoms with van der Waals surface area (Å²) in [5, 5.41) is 11.5. The Morgan fingerprint density at radius 2 is 2.05 bits per heavy atom. The quantitative estimate of drug-likeness (QED) is 0.922. The molecule has 0 bridgehead atoms. The van der Waals surface area contributed by atoms with E-state index in [-0.39, 0.29) is 5.91 Å². The summed E-state index contributed by atoms with van der Waals surface area (Å²) in [6.07, 6.45) is 0.726. The third kappa shape index (κ3) is 4.53. The average molecular weight is 304 g/mol. The van der Waals surface area contributed by atoms with Crippen LogP contribution in [0, 0.1) is 0 Å². The van der Waals surface area contributed by atoms with Crippen molar-refractivity contribution in [3.63, 3.8) is 0 Å². The van der Waals surface area contributed by atoms with Crippen molar-refractivity contribution in [2.45, 2.75) is 26.2 Å². The van der Waals surface area contributed by atoms with Crippen LogP contribution >= 0.6 is 11.6 Å². The Balaban J connectivity index is 1.87. The first-order valence-electron chi connectivity index (χ1n) is 6.92. The van der Waals surface area contributed by atoms with Gasteiger partial charge >= 0.3 is 0 Å². The molecule has 21 heavy (non-hydrogen) atoms. The van der Waals surface area contributed by atoms with Crippen LogP contribution in [0.1, 0.15) is 41.5 Å². The van der Waals surface area contributed by atoms with Gasteiger partial charge in [-0.3, -0.25) is 4.79 Å². The van der Waals surface area contributed by atoms with E-state index >= 15 is 0 Å². The minimum Gasteiger partial charge on any atom is -0.350 e. The number of carbonyl (C=O) groups excluding carboxylic acids is 1. The van der Waals surface area contributed by atoms with E-state index in [9.17, 15) is 4.79 Å². The number of hydrogen-bond acceptors (Lipinski definition) is 3. The van der Waals surface area contributed by atoms with Crippen LogP contribution in [0.5, 0.6) is 0 Å². The molecule has 0 aliphatic carbocycles. The topological polar surface area (TPSA) is 54.9 Å². The van der Waals surface area contributed by atoms with Crippen LogP contribution in [0.3, 0.4) is 0 Å². The van der Waals surface area contributed by atoms with E-state index in [0.717, 1.165) is 17.7 Å². The third-order valence-corrected chi connectivity index (χ3v) is 3.33. The van der Waals surface area contributed by atoms with Gasteiger partial charge in [-0.1, -0.05) is 37.6 Å². The van der Waals surface area contributed by atoms with Crippen molar-refractivity contribution in [1.82, 2.24) is 15.5 Å². The molecule has 1 heterocycles. The lowest BCUT2D eigenvalue weighted by atomic mass is 10.1. The second kappa shape index (κ2) is 7.18. The molecule has 0 aliphatic rings. The van der Waals surface area contributed by atoms with E-state index in [1.807, 2.05) is 44.2 Å². The summed E-state index contributed by atoms with van der Waals surface area (Å²) < 4.78 is 0. The summed E-state index contributed by atoms with van der Waals surface area (Å²) in [5.41, 5.74) is 2.31. The summed E-state index contributed by atoms with van der Waals surface area (Å²) in [5.74, 6) is 0.0947. The monoisotopic (exact) mass is 303 g/mol. The van der Waals surface area contributed by atoms with Crippen LogP contribution in [-0.2, 0) is 6.42 Å². The fourth-order valence-electron chi connectivity index (χ4n) is 1.88. The molecule has 0 radical (unpaired) electrons. The molecule has 0 fully saturated rings. The van der Waals surface area contributed by atoms with Gasteiger partial charge in [-0.05, 0) is 42.2 Å². The smallest absolute Gasteiger partial charge is 0.271 e. The number of amides is 1. The molecule has 0 aliphatic heterocycles. The summed E-state index contributed by atoms with van der Waals surface area (Å²) in [4.78, 5) is 11.9. The molecule has 110 valence electrons. The van der Waals surface area contributed by atoms with Crippen molar-refractivity contribution in [2.75, 3.05) is 6.54 Å². The van der Waals surface area contributed by atoms with E-state index in [1.54, 1.807) is 6.07 Å². The normalized spacial score (nSPS) is 10.7. The highest BCUT2D eigenvalue weighted by atomic mass is 35.5. The van der Waals surface area contributed by atoms with Gasteiger partial charge in [0.2, 0.25) is 0 Å². The summed E-state index contributed by atoms with van der Waals surface area (Å²) in [6, 6.07) is 11.1. The molecule has 0 saturated heterocycles. The highest BCUT2D eigenvalue weighted by Gasteiger charge is 2.09. The fraction of sp³-hybridized carbons (Fsp3) is 0.312. The SMILES string of the molecule is CC(C)c1ccc(C(=O)NCCc2cccc(Cl)c2)nn1. The largest absolute Gasteiger partial charge is 0.350 e. The molecule has 0 unspecified atom stereocenters. The number of rotatable bonds is 5. The molecule has 5 heteroatoms. The Morgan fingerprint density at radius 1 is 1.24 bits per heavy atom. The van der Waals surface area contributed by atoms with Gasteiger partial charge in [0.15, 0.2) is 5.69 Å². The average Bonchev–Trinajstić information content (AvgIpc) is 2.47. The van der Waals surface area contributed by atoms with Crippen molar-refractivity contribution in [2.24, 2.45) is 0 Å². The van der Waals surface area contributed by atoms with Crippen molar-refractivity contribution >= 4 is 17.5 Å². The van der Waals surface area contributed by atoms with Crippen molar-refractivity contribution in [1.29, 1.82) is 0 Å². The molecule has 1 N–H and O–H groups in total. The van der Waals surface area contributed by atoms with Gasteiger partial charge in [0.25, 0.3) is 5.91 Å². The van der Waals surface area contributed by atoms with E-state index < -0.39 is 0 Å². The van der Waals surface area contributed by atoms with Crippen LogP contribution in [0.25, 0.3) is 0 Å². The van der Waals surface area contributed by atoms with Gasteiger partial charge in [-0.2, -0.15) is 5.10 Å². The highest BCUT2D eigenvalue weighted by molar-refractivity contribution is 6.30. The minimum absolute atomic E-state index is 0.208. The molecule has 2 aromatic rings. The second-order valence-corrected chi connectivity index (χ2v) is 5.57. The van der Waals surface area contributed by atoms with Crippen molar-refractivity contribution in [3.05, 3.63) is 58.4 Å². The molecular weight excluding hydrogens is 286 g/mol. The van der Waals surface area contributed by atoms with Crippen LogP contribution in [0.15, 0.2) is 36.4 Å². The lowest BCUT2D eigenvalue weighted by Gasteiger charge is -2.06. The number of nitrogens with zero attached hydrogens (tertiary/aromatic N) is 2. The number of benzene rings is 1. The highest BCUT2D eigenvalue weighted by Crippen LogP contribution is 2.11. The van der Waals surface area contributed by atoms with E-state index in [1.165, 1.54) is 0 Å². The first-order valence-corrected chi connectivity index (χ1v) is 7.30. The molecule has 4 nitrogen and oxygen atoms in total. The molecule has 0 spiro atoms. The molecule has 1 aromatic carbocycles. The third-order valence-electron chi connectivity index (χ3n) is 3.10. The number of halogens is 1. The van der Waals surface area contributed by atoms with E-state index in [0.29, 0.717) is 23.2 Å². The van der Waals surface area contributed by atoms with Gasteiger partial charge in [-0.15, -0.1) is 5.10 Å². The second-order valence-electron chi connectivity index (χ2n) is 5.13. The fourth-order valence-corrected chi connectivity index (χ4v) is 2.09. The van der Waals surface area contributed by atoms with E-state index in [2.05, 4.69) is 15.5 Å². The molecular formula is C16H18ClN3O. The van der Waals surface area contributed by atoms with Gasteiger partial charge < -0.3 is 5.32 Å². The Hall–Kier alpha value is -1.94. The molecule has 1 amide bonds. The first kappa shape index (κ1) is 15.4. The zero-order valence-electron chi connectivity index (χ0n) is 12.1. The van der Waals surface area contributed by atoms with Crippen LogP contribution in [0.2, 0.25) is 5.02 Å². The van der Waals surface area contributed by atoms with Gasteiger partial charge in [0.1, 0.15) is 0 Å².